The molecule has 4 saturated carbocycles. The highest BCUT2D eigenvalue weighted by atomic mass is 16.5. The van der Waals surface area contributed by atoms with Gasteiger partial charge >= 0.3 is 0 Å². The first kappa shape index (κ1) is 38.6. The highest BCUT2D eigenvalue weighted by molar-refractivity contribution is 5.80. The molecule has 8 nitrogen and oxygen atoms in total. The zero-order valence-corrected chi connectivity index (χ0v) is 31.5. The van der Waals surface area contributed by atoms with Gasteiger partial charge in [-0.15, -0.1) is 0 Å². The van der Waals surface area contributed by atoms with Crippen molar-refractivity contribution < 1.29 is 29.0 Å². The molecule has 0 aromatic heterocycles. The number of aryl methyl sites for hydroxylation is 1. The van der Waals surface area contributed by atoms with Gasteiger partial charge in [-0.1, -0.05) is 53.4 Å². The number of carbonyl (C=O) groups excluding carboxylic acids is 3. The van der Waals surface area contributed by atoms with Gasteiger partial charge in [0.1, 0.15) is 17.3 Å². The lowest BCUT2D eigenvalue weighted by Crippen LogP contribution is -2.57. The fourth-order valence-corrected chi connectivity index (χ4v) is 10.8. The Morgan fingerprint density at radius 1 is 0.840 bits per heavy atom. The van der Waals surface area contributed by atoms with E-state index in [1.807, 2.05) is 12.1 Å². The number of amides is 2. The second-order valence-corrected chi connectivity index (χ2v) is 16.8. The molecular weight excluding hydrogens is 628 g/mol. The minimum Gasteiger partial charge on any atom is -0.484 e. The molecule has 4 aliphatic rings. The summed E-state index contributed by atoms with van der Waals surface area (Å²) in [6, 6.07) is 5.79. The fourth-order valence-electron chi connectivity index (χ4n) is 10.8. The van der Waals surface area contributed by atoms with Gasteiger partial charge in [-0.2, -0.15) is 0 Å². The topological polar surface area (TPSA) is 114 Å². The fraction of sp³-hybridized carbons (Fsp3) is 0.786. The number of benzene rings is 1. The zero-order valence-electron chi connectivity index (χ0n) is 31.5. The number of hydrogen-bond acceptors (Lipinski definition) is 6. The number of hydrogen-bond donors (Lipinski definition) is 3. The molecule has 8 heteroatoms. The molecule has 0 radical (unpaired) electrons. The van der Waals surface area contributed by atoms with Gasteiger partial charge in [0.25, 0.3) is 11.8 Å². The van der Waals surface area contributed by atoms with Crippen LogP contribution >= 0.6 is 0 Å². The first-order valence-electron chi connectivity index (χ1n) is 20.2. The summed E-state index contributed by atoms with van der Waals surface area (Å²) < 4.78 is 12.0. The molecule has 1 aromatic rings. The van der Waals surface area contributed by atoms with Crippen LogP contribution in [0, 0.1) is 40.4 Å². The Morgan fingerprint density at radius 2 is 1.48 bits per heavy atom. The summed E-state index contributed by atoms with van der Waals surface area (Å²) in [6.07, 6.45) is 16.9. The number of Topliss-reactive ketones (excluding diaryl/α,β-unsaturated/α-hetero) is 1. The lowest BCUT2D eigenvalue weighted by molar-refractivity contribution is -0.159. The summed E-state index contributed by atoms with van der Waals surface area (Å²) in [7, 11) is 0. The molecule has 5 rings (SSSR count). The van der Waals surface area contributed by atoms with Crippen molar-refractivity contribution in [1.29, 1.82) is 0 Å². The molecule has 3 N–H and O–H groups in total. The highest BCUT2D eigenvalue weighted by Crippen LogP contribution is 2.68. The number of ether oxygens (including phenoxy) is 2. The lowest BCUT2D eigenvalue weighted by Gasteiger charge is -2.62. The minimum atomic E-state index is -0.226. The van der Waals surface area contributed by atoms with E-state index >= 15 is 0 Å². The van der Waals surface area contributed by atoms with E-state index in [0.717, 1.165) is 108 Å². The number of rotatable bonds is 18. The van der Waals surface area contributed by atoms with Crippen LogP contribution in [0.15, 0.2) is 18.2 Å². The van der Waals surface area contributed by atoms with Gasteiger partial charge in [0.05, 0.1) is 6.10 Å². The molecular formula is C42H66N2O6. The van der Waals surface area contributed by atoms with Crippen molar-refractivity contribution in [2.45, 2.75) is 143 Å². The van der Waals surface area contributed by atoms with E-state index < -0.39 is 0 Å². The summed E-state index contributed by atoms with van der Waals surface area (Å²) in [5.74, 6) is 4.11. The van der Waals surface area contributed by atoms with Crippen LogP contribution in [0.3, 0.4) is 0 Å². The summed E-state index contributed by atoms with van der Waals surface area (Å²) in [6.45, 7) is 10.3. The quantitative estimate of drug-likeness (QED) is 0.137. The van der Waals surface area contributed by atoms with Crippen molar-refractivity contribution in [3.8, 4) is 11.5 Å². The van der Waals surface area contributed by atoms with E-state index in [-0.39, 0.29) is 42.0 Å². The average Bonchev–Trinajstić information content (AvgIpc) is 3.40. The molecule has 1 aromatic carbocycles. The Kier molecular flexibility index (Phi) is 13.7. The number of unbranched alkanes of at least 4 members (excludes halogenated alkanes) is 4. The van der Waals surface area contributed by atoms with Gasteiger partial charge in [-0.25, -0.2) is 0 Å². The van der Waals surface area contributed by atoms with Crippen molar-refractivity contribution >= 4 is 17.6 Å². The maximum absolute atomic E-state index is 12.6. The maximum Gasteiger partial charge on any atom is 0.257 e. The normalized spacial score (nSPS) is 31.7. The predicted molar refractivity (Wildman–Crippen MR) is 197 cm³/mol. The van der Waals surface area contributed by atoms with E-state index in [0.29, 0.717) is 60.0 Å². The average molecular weight is 695 g/mol. The Labute approximate surface area is 301 Å². The van der Waals surface area contributed by atoms with E-state index in [9.17, 15) is 19.5 Å². The summed E-state index contributed by atoms with van der Waals surface area (Å²) >= 11 is 0. The van der Waals surface area contributed by atoms with Gasteiger partial charge < -0.3 is 25.2 Å². The smallest absolute Gasteiger partial charge is 0.257 e. The Hall–Kier alpha value is -2.61. The molecule has 0 spiro atoms. The van der Waals surface area contributed by atoms with Gasteiger partial charge in [-0.3, -0.25) is 14.4 Å². The first-order chi connectivity index (χ1) is 24.1. The molecule has 2 amide bonds. The molecule has 0 aliphatic heterocycles. The van der Waals surface area contributed by atoms with E-state index in [1.54, 1.807) is 6.07 Å². The Morgan fingerprint density at radius 3 is 2.10 bits per heavy atom. The van der Waals surface area contributed by atoms with Crippen LogP contribution in [0.2, 0.25) is 0 Å². The maximum atomic E-state index is 12.6. The van der Waals surface area contributed by atoms with Gasteiger partial charge in [-0.05, 0) is 129 Å². The van der Waals surface area contributed by atoms with Crippen LogP contribution in [0.1, 0.15) is 136 Å². The van der Waals surface area contributed by atoms with Crippen molar-refractivity contribution in [2.24, 2.45) is 40.4 Å². The zero-order chi connectivity index (χ0) is 35.7. The molecule has 280 valence electrons. The van der Waals surface area contributed by atoms with E-state index in [2.05, 4.69) is 38.3 Å². The van der Waals surface area contributed by atoms with Crippen LogP contribution in [0.5, 0.6) is 11.5 Å². The third-order valence-electron chi connectivity index (χ3n) is 13.4. The van der Waals surface area contributed by atoms with Crippen molar-refractivity contribution in [2.75, 3.05) is 26.3 Å². The number of nitrogens with one attached hydrogen (secondary N) is 2. The molecule has 0 bridgehead atoms. The van der Waals surface area contributed by atoms with E-state index in [1.165, 1.54) is 6.42 Å². The van der Waals surface area contributed by atoms with Crippen molar-refractivity contribution in [1.82, 2.24) is 10.6 Å². The molecule has 8 atom stereocenters. The summed E-state index contributed by atoms with van der Waals surface area (Å²) in [5, 5.41) is 17.2. The van der Waals surface area contributed by atoms with Crippen LogP contribution in [-0.2, 0) is 20.8 Å². The standard InChI is InChI=1S/C42H66N2O6/c1-5-7-9-20-43-38(47)27-49-33-22-29(23-34(25-33)50-28-39(48)44-21-10-8-6-2)12-11-13-30-26-42(4)36(16-17-37(42)46)35-15-14-31-24-32(45)18-19-41(31,3)40(30)35/h22-23,25,30-31,35-37,40,46H,5-21,24,26-28H2,1-4H3,(H,43,47)(H,44,48)/t30?,31?,35-,36-,37?,40+,41-,42-/m0/s1. The molecule has 50 heavy (non-hydrogen) atoms. The SMILES string of the molecule is CCCCCNC(=O)COc1cc(CCCC2C[C@]3(C)C(O)CC[C@H]3[C@@H]3CCC4CC(=O)CC[C@]4(C)[C@H]23)cc(OCC(=O)NCCCCC)c1. The summed E-state index contributed by atoms with van der Waals surface area (Å²) in [5.41, 5.74) is 1.24. The van der Waals surface area contributed by atoms with Crippen LogP contribution < -0.4 is 20.1 Å². The van der Waals surface area contributed by atoms with Crippen molar-refractivity contribution in [3.05, 3.63) is 23.8 Å². The second-order valence-electron chi connectivity index (χ2n) is 16.8. The van der Waals surface area contributed by atoms with Gasteiger partial charge in [0, 0.05) is 32.0 Å². The number of aliphatic hydroxyl groups excluding tert-OH is 1. The number of carbonyl (C=O) groups is 3. The number of aliphatic hydroxyl groups is 1. The molecule has 0 heterocycles. The molecule has 4 aliphatic carbocycles. The van der Waals surface area contributed by atoms with Crippen LogP contribution in [0.25, 0.3) is 0 Å². The lowest BCUT2D eigenvalue weighted by atomic mass is 9.42. The first-order valence-corrected chi connectivity index (χ1v) is 20.2. The van der Waals surface area contributed by atoms with Gasteiger partial charge in [0.2, 0.25) is 0 Å². The predicted octanol–water partition coefficient (Wildman–Crippen LogP) is 7.58. The monoisotopic (exact) mass is 694 g/mol. The Bertz CT molecular complexity index is 1250. The Balaban J connectivity index is 1.27. The third kappa shape index (κ3) is 9.24. The number of fused-ring (bicyclic) bond motifs is 5. The third-order valence-corrected chi connectivity index (χ3v) is 13.4. The largest absolute Gasteiger partial charge is 0.484 e. The van der Waals surface area contributed by atoms with Gasteiger partial charge in [0.15, 0.2) is 13.2 Å². The highest BCUT2D eigenvalue weighted by Gasteiger charge is 2.62. The van der Waals surface area contributed by atoms with E-state index in [4.69, 9.17) is 9.47 Å². The number of ketones is 1. The molecule has 4 fully saturated rings. The van der Waals surface area contributed by atoms with Crippen molar-refractivity contribution in [3.63, 3.8) is 0 Å². The van der Waals surface area contributed by atoms with Crippen LogP contribution in [0.4, 0.5) is 0 Å². The second kappa shape index (κ2) is 17.7. The minimum absolute atomic E-state index is 0.0253. The molecule has 3 unspecified atom stereocenters. The van der Waals surface area contributed by atoms with Crippen LogP contribution in [-0.4, -0.2) is 55.1 Å². The summed E-state index contributed by atoms with van der Waals surface area (Å²) in [4.78, 5) is 37.6. The molecule has 0 saturated heterocycles.